The van der Waals surface area contributed by atoms with Crippen molar-refractivity contribution in [2.75, 3.05) is 11.9 Å². The predicted octanol–water partition coefficient (Wildman–Crippen LogP) is 2.40. The number of rotatable bonds is 5. The van der Waals surface area contributed by atoms with Crippen molar-refractivity contribution in [1.82, 2.24) is 9.97 Å². The van der Waals surface area contributed by atoms with Crippen molar-refractivity contribution >= 4 is 5.95 Å². The van der Waals surface area contributed by atoms with Crippen LogP contribution in [0.1, 0.15) is 32.9 Å². The smallest absolute Gasteiger partial charge is 0.227 e. The minimum Gasteiger partial charge on any atom is -0.478 e. The van der Waals surface area contributed by atoms with Crippen LogP contribution < -0.4 is 10.1 Å². The summed E-state index contributed by atoms with van der Waals surface area (Å²) in [5.74, 6) is 3.72. The van der Waals surface area contributed by atoms with Crippen molar-refractivity contribution in [1.29, 1.82) is 0 Å². The number of nitrogens with one attached hydrogen (secondary N) is 1. The lowest BCUT2D eigenvalue weighted by atomic mass is 10.1. The molecule has 4 heteroatoms. The zero-order chi connectivity index (χ0) is 12.9. The maximum Gasteiger partial charge on any atom is 0.227 e. The van der Waals surface area contributed by atoms with Crippen LogP contribution >= 0.6 is 0 Å². The van der Waals surface area contributed by atoms with Gasteiger partial charge in [-0.25, -0.2) is 4.98 Å². The van der Waals surface area contributed by atoms with E-state index in [-0.39, 0.29) is 0 Å². The van der Waals surface area contributed by atoms with Gasteiger partial charge in [-0.05, 0) is 27.2 Å². The van der Waals surface area contributed by atoms with Crippen LogP contribution in [0, 0.1) is 19.3 Å². The van der Waals surface area contributed by atoms with Gasteiger partial charge in [0.15, 0.2) is 0 Å². The lowest BCUT2D eigenvalue weighted by Gasteiger charge is -2.19. The summed E-state index contributed by atoms with van der Waals surface area (Å²) in [5.41, 5.74) is 0.372. The number of terminal acetylenes is 1. The van der Waals surface area contributed by atoms with Gasteiger partial charge in [0.05, 0.1) is 12.1 Å². The van der Waals surface area contributed by atoms with E-state index in [9.17, 15) is 0 Å². The molecule has 1 heterocycles. The Morgan fingerprint density at radius 3 is 2.76 bits per heavy atom. The molecule has 0 aromatic carbocycles. The Bertz CT molecular complexity index is 421. The Labute approximate surface area is 103 Å². The van der Waals surface area contributed by atoms with Crippen LogP contribution in [0.2, 0.25) is 0 Å². The van der Waals surface area contributed by atoms with Crippen molar-refractivity contribution in [2.45, 2.75) is 39.7 Å². The molecule has 0 fully saturated rings. The van der Waals surface area contributed by atoms with Gasteiger partial charge in [0.2, 0.25) is 11.8 Å². The minimum absolute atomic E-state index is 0.476. The standard InChI is InChI=1S/C13H19N3O/c1-6-8-17-11-9-10(3)14-12(15-11)16-13(4,5)7-2/h2,9H,6,8H2,1,3-5H3,(H,14,15,16). The molecule has 17 heavy (non-hydrogen) atoms. The molecule has 1 aromatic rings. The molecule has 0 unspecified atom stereocenters. The molecule has 0 radical (unpaired) electrons. The molecule has 0 aliphatic heterocycles. The van der Waals surface area contributed by atoms with E-state index >= 15 is 0 Å². The average Bonchev–Trinajstić information content (AvgIpc) is 2.25. The highest BCUT2D eigenvalue weighted by molar-refractivity contribution is 5.37. The highest BCUT2D eigenvalue weighted by atomic mass is 16.5. The number of nitrogens with zero attached hydrogens (tertiary/aromatic N) is 2. The molecule has 1 rings (SSSR count). The first kappa shape index (κ1) is 13.3. The maximum absolute atomic E-state index is 5.48. The molecule has 1 N–H and O–H groups in total. The van der Waals surface area contributed by atoms with E-state index < -0.39 is 5.54 Å². The Kier molecular flexibility index (Phi) is 4.33. The van der Waals surface area contributed by atoms with Crippen LogP contribution in [-0.2, 0) is 0 Å². The summed E-state index contributed by atoms with van der Waals surface area (Å²) in [6, 6.07) is 1.81. The van der Waals surface area contributed by atoms with E-state index in [4.69, 9.17) is 11.2 Å². The Morgan fingerprint density at radius 2 is 2.18 bits per heavy atom. The molecule has 4 nitrogen and oxygen atoms in total. The summed E-state index contributed by atoms with van der Waals surface area (Å²) >= 11 is 0. The third-order valence-corrected chi connectivity index (χ3v) is 2.07. The summed E-state index contributed by atoms with van der Waals surface area (Å²) in [6.07, 6.45) is 6.36. The monoisotopic (exact) mass is 233 g/mol. The van der Waals surface area contributed by atoms with Crippen molar-refractivity contribution in [2.24, 2.45) is 0 Å². The van der Waals surface area contributed by atoms with Gasteiger partial charge in [-0.3, -0.25) is 0 Å². The molecular formula is C13H19N3O. The van der Waals surface area contributed by atoms with Crippen LogP contribution in [0.5, 0.6) is 5.88 Å². The van der Waals surface area contributed by atoms with Gasteiger partial charge in [-0.1, -0.05) is 12.8 Å². The minimum atomic E-state index is -0.476. The molecule has 0 saturated heterocycles. The number of hydrogen-bond acceptors (Lipinski definition) is 4. The summed E-state index contributed by atoms with van der Waals surface area (Å²) in [7, 11) is 0. The predicted molar refractivity (Wildman–Crippen MR) is 69.1 cm³/mol. The largest absolute Gasteiger partial charge is 0.478 e. The Hall–Kier alpha value is -1.76. The van der Waals surface area contributed by atoms with E-state index in [1.165, 1.54) is 0 Å². The number of aromatic nitrogens is 2. The fourth-order valence-corrected chi connectivity index (χ4v) is 1.19. The van der Waals surface area contributed by atoms with Crippen LogP contribution in [0.15, 0.2) is 6.07 Å². The van der Waals surface area contributed by atoms with E-state index in [0.29, 0.717) is 18.4 Å². The molecule has 92 valence electrons. The maximum atomic E-state index is 5.48. The lowest BCUT2D eigenvalue weighted by Crippen LogP contribution is -2.29. The topological polar surface area (TPSA) is 47.0 Å². The highest BCUT2D eigenvalue weighted by Gasteiger charge is 2.15. The molecule has 0 aliphatic carbocycles. The number of anilines is 1. The van der Waals surface area contributed by atoms with Crippen molar-refractivity contribution in [3.8, 4) is 18.2 Å². The quantitative estimate of drug-likeness (QED) is 0.793. The third kappa shape index (κ3) is 4.31. The first-order valence-corrected chi connectivity index (χ1v) is 5.71. The van der Waals surface area contributed by atoms with Crippen LogP contribution in [0.3, 0.4) is 0 Å². The van der Waals surface area contributed by atoms with E-state index in [1.807, 2.05) is 26.8 Å². The Balaban J connectivity index is 2.86. The summed E-state index contributed by atoms with van der Waals surface area (Å²) in [4.78, 5) is 8.54. The normalized spacial score (nSPS) is 10.8. The van der Waals surface area contributed by atoms with Gasteiger partial charge < -0.3 is 10.1 Å². The molecule has 0 atom stereocenters. The van der Waals surface area contributed by atoms with Gasteiger partial charge in [-0.15, -0.1) is 6.42 Å². The Morgan fingerprint density at radius 1 is 1.47 bits per heavy atom. The van der Waals surface area contributed by atoms with Gasteiger partial charge in [0.25, 0.3) is 0 Å². The molecule has 1 aromatic heterocycles. The first-order chi connectivity index (χ1) is 7.96. The molecule has 0 spiro atoms. The fraction of sp³-hybridized carbons (Fsp3) is 0.538. The average molecular weight is 233 g/mol. The third-order valence-electron chi connectivity index (χ3n) is 2.07. The second-order valence-corrected chi connectivity index (χ2v) is 4.41. The van der Waals surface area contributed by atoms with Crippen LogP contribution in [-0.4, -0.2) is 22.1 Å². The van der Waals surface area contributed by atoms with Crippen LogP contribution in [0.25, 0.3) is 0 Å². The molecule has 0 amide bonds. The van der Waals surface area contributed by atoms with E-state index in [1.54, 1.807) is 0 Å². The second-order valence-electron chi connectivity index (χ2n) is 4.41. The molecule has 0 bridgehead atoms. The SMILES string of the molecule is C#CC(C)(C)Nc1nc(C)cc(OCCC)n1. The lowest BCUT2D eigenvalue weighted by molar-refractivity contribution is 0.304. The molecule has 0 saturated carbocycles. The van der Waals surface area contributed by atoms with Gasteiger partial charge in [0.1, 0.15) is 0 Å². The summed E-state index contributed by atoms with van der Waals surface area (Å²) in [5, 5.41) is 3.09. The molecular weight excluding hydrogens is 214 g/mol. The zero-order valence-corrected chi connectivity index (χ0v) is 10.9. The number of hydrogen-bond donors (Lipinski definition) is 1. The molecule has 0 aliphatic rings. The fourth-order valence-electron chi connectivity index (χ4n) is 1.19. The van der Waals surface area contributed by atoms with Gasteiger partial charge >= 0.3 is 0 Å². The van der Waals surface area contributed by atoms with E-state index in [2.05, 4.69) is 28.1 Å². The van der Waals surface area contributed by atoms with Crippen LogP contribution in [0.4, 0.5) is 5.95 Å². The number of ether oxygens (including phenoxy) is 1. The zero-order valence-electron chi connectivity index (χ0n) is 10.9. The van der Waals surface area contributed by atoms with Gasteiger partial charge in [-0.2, -0.15) is 4.98 Å². The highest BCUT2D eigenvalue weighted by Crippen LogP contribution is 2.15. The van der Waals surface area contributed by atoms with E-state index in [0.717, 1.165) is 12.1 Å². The summed E-state index contributed by atoms with van der Waals surface area (Å²) < 4.78 is 5.48. The van der Waals surface area contributed by atoms with Crippen molar-refractivity contribution in [3.63, 3.8) is 0 Å². The first-order valence-electron chi connectivity index (χ1n) is 5.71. The summed E-state index contributed by atoms with van der Waals surface area (Å²) in [6.45, 7) is 8.38. The number of aryl methyl sites for hydroxylation is 1. The van der Waals surface area contributed by atoms with Gasteiger partial charge in [0, 0.05) is 11.8 Å². The second kappa shape index (κ2) is 5.53. The van der Waals surface area contributed by atoms with Crippen molar-refractivity contribution < 1.29 is 4.74 Å². The van der Waals surface area contributed by atoms with Crippen molar-refractivity contribution in [3.05, 3.63) is 11.8 Å².